The summed E-state index contributed by atoms with van der Waals surface area (Å²) in [7, 11) is 1.90. The van der Waals surface area contributed by atoms with Gasteiger partial charge in [0.15, 0.2) is 0 Å². The molecule has 9 heteroatoms. The van der Waals surface area contributed by atoms with Crippen LogP contribution in [0.1, 0.15) is 10.4 Å². The first-order valence-corrected chi connectivity index (χ1v) is 7.20. The zero-order valence-corrected chi connectivity index (χ0v) is 14.8. The van der Waals surface area contributed by atoms with Gasteiger partial charge in [0, 0.05) is 38.8 Å². The minimum absolute atomic E-state index is 0. The summed E-state index contributed by atoms with van der Waals surface area (Å²) in [5.74, 6) is -1.61. The average molecular weight is 375 g/mol. The second kappa shape index (κ2) is 8.32. The number of hydrogen-bond acceptors (Lipinski definition) is 4. The van der Waals surface area contributed by atoms with Crippen LogP contribution in [-0.2, 0) is 11.8 Å². The number of fused-ring (bicyclic) bond motifs is 1. The van der Waals surface area contributed by atoms with Crippen LogP contribution in [0.5, 0.6) is 0 Å². The van der Waals surface area contributed by atoms with Gasteiger partial charge in [-0.05, 0) is 18.2 Å². The summed E-state index contributed by atoms with van der Waals surface area (Å²) in [6.07, 6.45) is 1.70. The summed E-state index contributed by atoms with van der Waals surface area (Å²) in [6.45, 7) is 1.71. The van der Waals surface area contributed by atoms with E-state index in [0.29, 0.717) is 25.2 Å². The number of benzene rings is 1. The first-order chi connectivity index (χ1) is 10.6. The third-order valence-corrected chi connectivity index (χ3v) is 4.00. The summed E-state index contributed by atoms with van der Waals surface area (Å²) in [4.78, 5) is 29.7. The maximum absolute atomic E-state index is 12.6. The van der Waals surface area contributed by atoms with Crippen molar-refractivity contribution in [1.29, 1.82) is 0 Å². The number of halogens is 2. The number of aromatic nitrogens is 2. The summed E-state index contributed by atoms with van der Waals surface area (Å²) >= 11 is 0. The van der Waals surface area contributed by atoms with Gasteiger partial charge in [-0.1, -0.05) is 0 Å². The van der Waals surface area contributed by atoms with Crippen LogP contribution in [-0.4, -0.2) is 57.6 Å². The molecular weight excluding hydrogens is 355 g/mol. The summed E-state index contributed by atoms with van der Waals surface area (Å²) < 4.78 is 1.89. The lowest BCUT2D eigenvalue weighted by atomic mass is 10.1. The Bertz CT molecular complexity index is 735. The van der Waals surface area contributed by atoms with Gasteiger partial charge < -0.3 is 19.9 Å². The van der Waals surface area contributed by atoms with Gasteiger partial charge in [0.05, 0.1) is 23.3 Å². The second-order valence-electron chi connectivity index (χ2n) is 5.55. The minimum Gasteiger partial charge on any atom is -0.481 e. The third-order valence-electron chi connectivity index (χ3n) is 4.00. The second-order valence-corrected chi connectivity index (χ2v) is 5.55. The number of imidazole rings is 1. The van der Waals surface area contributed by atoms with Crippen molar-refractivity contribution in [2.45, 2.75) is 0 Å². The first-order valence-electron chi connectivity index (χ1n) is 7.20. The number of nitrogens with zero attached hydrogens (tertiary/aromatic N) is 3. The largest absolute Gasteiger partial charge is 0.481 e. The lowest BCUT2D eigenvalue weighted by Crippen LogP contribution is -2.38. The predicted octanol–water partition coefficient (Wildman–Crippen LogP) is 1.16. The molecule has 1 unspecified atom stereocenters. The Hall–Kier alpha value is -1.83. The van der Waals surface area contributed by atoms with Crippen molar-refractivity contribution < 1.29 is 14.7 Å². The fourth-order valence-electron chi connectivity index (χ4n) is 2.71. The molecule has 0 radical (unpaired) electrons. The molecule has 1 aliphatic rings. The van der Waals surface area contributed by atoms with Crippen molar-refractivity contribution in [3.63, 3.8) is 0 Å². The van der Waals surface area contributed by atoms with Crippen LogP contribution in [0.3, 0.4) is 0 Å². The molecule has 1 amide bonds. The molecule has 2 aromatic rings. The maximum atomic E-state index is 12.6. The number of hydrogen-bond donors (Lipinski definition) is 2. The maximum Gasteiger partial charge on any atom is 0.309 e. The van der Waals surface area contributed by atoms with Gasteiger partial charge in [-0.3, -0.25) is 9.59 Å². The molecule has 1 saturated heterocycles. The number of aryl methyl sites for hydroxylation is 1. The predicted molar refractivity (Wildman–Crippen MR) is 95.1 cm³/mol. The SMILES string of the molecule is Cl.Cl.Cn1cnc2cc(C(=O)N3CCNCC(C(=O)O)C3)ccc21. The van der Waals surface area contributed by atoms with Crippen LogP contribution in [0.2, 0.25) is 0 Å². The van der Waals surface area contributed by atoms with E-state index in [-0.39, 0.29) is 37.3 Å². The number of carbonyl (C=O) groups excluding carboxylic acids is 1. The van der Waals surface area contributed by atoms with Crippen molar-refractivity contribution in [2.75, 3.05) is 26.2 Å². The van der Waals surface area contributed by atoms with E-state index in [1.54, 1.807) is 23.4 Å². The zero-order chi connectivity index (χ0) is 15.7. The van der Waals surface area contributed by atoms with Crippen LogP contribution < -0.4 is 5.32 Å². The summed E-state index contributed by atoms with van der Waals surface area (Å²) in [6, 6.07) is 5.38. The highest BCUT2D eigenvalue weighted by atomic mass is 35.5. The van der Waals surface area contributed by atoms with Gasteiger partial charge in [0.25, 0.3) is 5.91 Å². The minimum atomic E-state index is -0.882. The van der Waals surface area contributed by atoms with E-state index in [9.17, 15) is 14.7 Å². The van der Waals surface area contributed by atoms with Crippen LogP contribution in [0.15, 0.2) is 24.5 Å². The first kappa shape index (κ1) is 20.2. The van der Waals surface area contributed by atoms with E-state index in [0.717, 1.165) is 11.0 Å². The molecule has 24 heavy (non-hydrogen) atoms. The Labute approximate surface area is 151 Å². The standard InChI is InChI=1S/C15H18N4O3.2ClH/c1-18-9-17-12-6-10(2-3-13(12)18)14(20)19-5-4-16-7-11(8-19)15(21)22;;/h2-3,6,9,11,16H,4-5,7-8H2,1H3,(H,21,22);2*1H. The Balaban J connectivity index is 0.00000144. The van der Waals surface area contributed by atoms with E-state index < -0.39 is 11.9 Å². The normalized spacial score (nSPS) is 17.5. The Kier molecular flexibility index (Phi) is 7.01. The number of carboxylic acids is 1. The molecular formula is C15H20Cl2N4O3. The summed E-state index contributed by atoms with van der Waals surface area (Å²) in [5.41, 5.74) is 2.26. The van der Waals surface area contributed by atoms with E-state index in [4.69, 9.17) is 0 Å². The quantitative estimate of drug-likeness (QED) is 0.823. The highest BCUT2D eigenvalue weighted by molar-refractivity contribution is 5.97. The van der Waals surface area contributed by atoms with Crippen LogP contribution in [0.4, 0.5) is 0 Å². The Morgan fingerprint density at radius 1 is 1.33 bits per heavy atom. The van der Waals surface area contributed by atoms with Gasteiger partial charge in [0.2, 0.25) is 0 Å². The van der Waals surface area contributed by atoms with Gasteiger partial charge in [-0.2, -0.15) is 0 Å². The number of rotatable bonds is 2. The number of carbonyl (C=O) groups is 2. The zero-order valence-electron chi connectivity index (χ0n) is 13.1. The molecule has 0 saturated carbocycles. The average Bonchev–Trinajstić information content (AvgIpc) is 2.74. The van der Waals surface area contributed by atoms with E-state index in [1.165, 1.54) is 0 Å². The van der Waals surface area contributed by atoms with Crippen molar-refractivity contribution in [2.24, 2.45) is 13.0 Å². The highest BCUT2D eigenvalue weighted by Crippen LogP contribution is 2.16. The molecule has 0 aliphatic carbocycles. The monoisotopic (exact) mass is 374 g/mol. The van der Waals surface area contributed by atoms with Crippen LogP contribution in [0, 0.1) is 5.92 Å². The van der Waals surface area contributed by atoms with E-state index in [2.05, 4.69) is 10.3 Å². The van der Waals surface area contributed by atoms with Crippen LogP contribution in [0.25, 0.3) is 11.0 Å². The number of nitrogens with one attached hydrogen (secondary N) is 1. The molecule has 1 atom stereocenters. The Morgan fingerprint density at radius 2 is 2.08 bits per heavy atom. The lowest BCUT2D eigenvalue weighted by Gasteiger charge is -2.22. The molecule has 2 N–H and O–H groups in total. The highest BCUT2D eigenvalue weighted by Gasteiger charge is 2.27. The molecule has 3 rings (SSSR count). The topological polar surface area (TPSA) is 87.5 Å². The number of amides is 1. The molecule has 7 nitrogen and oxygen atoms in total. The van der Waals surface area contributed by atoms with E-state index in [1.807, 2.05) is 17.7 Å². The van der Waals surface area contributed by atoms with Crippen LogP contribution >= 0.6 is 24.8 Å². The number of aliphatic carboxylic acids is 1. The fraction of sp³-hybridized carbons (Fsp3) is 0.400. The van der Waals surface area contributed by atoms with Crippen molar-refractivity contribution in [3.8, 4) is 0 Å². The van der Waals surface area contributed by atoms with Crippen molar-refractivity contribution >= 4 is 47.7 Å². The molecule has 1 fully saturated rings. The van der Waals surface area contributed by atoms with Gasteiger partial charge >= 0.3 is 5.97 Å². The molecule has 2 heterocycles. The number of carboxylic acid groups (broad SMARTS) is 1. The van der Waals surface area contributed by atoms with Gasteiger partial charge in [-0.25, -0.2) is 4.98 Å². The summed E-state index contributed by atoms with van der Waals surface area (Å²) in [5, 5.41) is 12.2. The van der Waals surface area contributed by atoms with Crippen molar-refractivity contribution in [1.82, 2.24) is 19.8 Å². The molecule has 132 valence electrons. The fourth-order valence-corrected chi connectivity index (χ4v) is 2.71. The van der Waals surface area contributed by atoms with Gasteiger partial charge in [-0.15, -0.1) is 24.8 Å². The Morgan fingerprint density at radius 3 is 2.79 bits per heavy atom. The molecule has 1 aromatic heterocycles. The third kappa shape index (κ3) is 3.98. The molecule has 0 spiro atoms. The van der Waals surface area contributed by atoms with Gasteiger partial charge in [0.1, 0.15) is 0 Å². The lowest BCUT2D eigenvalue weighted by molar-refractivity contribution is -0.141. The smallest absolute Gasteiger partial charge is 0.309 e. The molecule has 1 aliphatic heterocycles. The van der Waals surface area contributed by atoms with Crippen molar-refractivity contribution in [3.05, 3.63) is 30.1 Å². The van der Waals surface area contributed by atoms with E-state index >= 15 is 0 Å². The molecule has 0 bridgehead atoms. The molecule has 1 aromatic carbocycles.